The normalized spacial score (nSPS) is 11.5. The highest BCUT2D eigenvalue weighted by atomic mass is 16.4. The van der Waals surface area contributed by atoms with E-state index < -0.39 is 7.12 Å². The molecule has 0 atom stereocenters. The lowest BCUT2D eigenvalue weighted by molar-refractivity contribution is 0.425. The molecule has 1 aromatic rings. The van der Waals surface area contributed by atoms with Gasteiger partial charge in [-0.1, -0.05) is 45.0 Å². The highest BCUT2D eigenvalue weighted by Gasteiger charge is 2.15. The quantitative estimate of drug-likeness (QED) is 0.639. The maximum Gasteiger partial charge on any atom is 0.488 e. The van der Waals surface area contributed by atoms with E-state index in [0.29, 0.717) is 5.46 Å². The first-order valence-corrected chi connectivity index (χ1v) is 4.38. The van der Waals surface area contributed by atoms with Crippen LogP contribution in [-0.4, -0.2) is 17.2 Å². The molecule has 0 bridgehead atoms. The van der Waals surface area contributed by atoms with Crippen LogP contribution in [0.3, 0.4) is 0 Å². The lowest BCUT2D eigenvalue weighted by Gasteiger charge is -2.19. The third-order valence-corrected chi connectivity index (χ3v) is 2.07. The van der Waals surface area contributed by atoms with Crippen LogP contribution in [-0.2, 0) is 5.41 Å². The topological polar surface area (TPSA) is 40.5 Å². The summed E-state index contributed by atoms with van der Waals surface area (Å²) in [6.07, 6.45) is 0. The third-order valence-electron chi connectivity index (χ3n) is 2.07. The predicted octanol–water partition coefficient (Wildman–Crippen LogP) is 1.16. The highest BCUT2D eigenvalue weighted by molar-refractivity contribution is 6.58. The summed E-state index contributed by atoms with van der Waals surface area (Å²) in [6.45, 7) is 6.37. The zero-order valence-corrected chi connectivity index (χ0v) is 8.28. The van der Waals surface area contributed by atoms with Gasteiger partial charge in [-0.15, -0.1) is 0 Å². The van der Waals surface area contributed by atoms with Crippen LogP contribution in [0.15, 0.2) is 24.3 Å². The maximum absolute atomic E-state index is 8.87. The fraction of sp³-hybridized carbons (Fsp3) is 0.400. The SMILES string of the molecule is CC(C)(C)c1ccc(B(O)O)cc1.[HH].[HH]. The molecule has 0 amide bonds. The monoisotopic (exact) mass is 182 g/mol. The molecule has 0 heterocycles. The van der Waals surface area contributed by atoms with Crippen molar-refractivity contribution in [3.8, 4) is 0 Å². The van der Waals surface area contributed by atoms with Crippen molar-refractivity contribution < 1.29 is 12.9 Å². The molecule has 1 aromatic carbocycles. The Balaban J connectivity index is 0. The molecule has 2 nitrogen and oxygen atoms in total. The summed E-state index contributed by atoms with van der Waals surface area (Å²) in [5.74, 6) is 0. The Labute approximate surface area is 82.3 Å². The van der Waals surface area contributed by atoms with E-state index in [-0.39, 0.29) is 8.27 Å². The largest absolute Gasteiger partial charge is 0.488 e. The van der Waals surface area contributed by atoms with E-state index in [0.717, 1.165) is 0 Å². The van der Waals surface area contributed by atoms with Gasteiger partial charge in [-0.05, 0) is 16.4 Å². The average molecular weight is 182 g/mol. The van der Waals surface area contributed by atoms with Gasteiger partial charge in [0.05, 0.1) is 0 Å². The van der Waals surface area contributed by atoms with Crippen molar-refractivity contribution in [2.45, 2.75) is 26.2 Å². The van der Waals surface area contributed by atoms with Crippen LogP contribution in [0, 0.1) is 0 Å². The van der Waals surface area contributed by atoms with Crippen molar-refractivity contribution in [3.05, 3.63) is 29.8 Å². The van der Waals surface area contributed by atoms with Crippen molar-refractivity contribution >= 4 is 12.6 Å². The van der Waals surface area contributed by atoms with Crippen LogP contribution in [0.1, 0.15) is 29.2 Å². The molecule has 0 aliphatic rings. The Hall–Kier alpha value is -0.795. The summed E-state index contributed by atoms with van der Waals surface area (Å²) in [5.41, 5.74) is 1.84. The lowest BCUT2D eigenvalue weighted by atomic mass is 9.78. The molecule has 0 saturated heterocycles. The van der Waals surface area contributed by atoms with E-state index in [4.69, 9.17) is 10.0 Å². The van der Waals surface area contributed by atoms with Gasteiger partial charge in [-0.25, -0.2) is 0 Å². The fourth-order valence-electron chi connectivity index (χ4n) is 1.16. The zero-order valence-electron chi connectivity index (χ0n) is 8.28. The molecule has 0 saturated carbocycles. The Morgan fingerprint density at radius 3 is 1.85 bits per heavy atom. The average Bonchev–Trinajstić information content (AvgIpc) is 2.03. The summed E-state index contributed by atoms with van der Waals surface area (Å²) < 4.78 is 0. The smallest absolute Gasteiger partial charge is 0.423 e. The standard InChI is InChI=1S/C10H15BO2.2H2/c1-10(2,3)8-4-6-9(7-5-8)11(12)13;;/h4-7,12-13H,1-3H3;2*1H. The molecular formula is C10H19BO2. The predicted molar refractivity (Wildman–Crippen MR) is 59.2 cm³/mol. The Morgan fingerprint density at radius 1 is 1.08 bits per heavy atom. The Kier molecular flexibility index (Phi) is 2.79. The van der Waals surface area contributed by atoms with E-state index in [1.165, 1.54) is 5.56 Å². The van der Waals surface area contributed by atoms with Crippen molar-refractivity contribution in [3.63, 3.8) is 0 Å². The third kappa shape index (κ3) is 2.57. The molecule has 1 rings (SSSR count). The van der Waals surface area contributed by atoms with Crippen molar-refractivity contribution in [1.29, 1.82) is 0 Å². The number of hydrogen-bond acceptors (Lipinski definition) is 2. The van der Waals surface area contributed by atoms with Crippen molar-refractivity contribution in [2.75, 3.05) is 0 Å². The van der Waals surface area contributed by atoms with Crippen LogP contribution < -0.4 is 5.46 Å². The van der Waals surface area contributed by atoms with Crippen LogP contribution in [0.2, 0.25) is 0 Å². The first-order valence-electron chi connectivity index (χ1n) is 4.38. The van der Waals surface area contributed by atoms with Crippen LogP contribution in [0.5, 0.6) is 0 Å². The highest BCUT2D eigenvalue weighted by Crippen LogP contribution is 2.20. The van der Waals surface area contributed by atoms with Gasteiger partial charge in [0.2, 0.25) is 0 Å². The summed E-state index contributed by atoms with van der Waals surface area (Å²) in [4.78, 5) is 0. The van der Waals surface area contributed by atoms with E-state index in [1.54, 1.807) is 12.1 Å². The van der Waals surface area contributed by atoms with E-state index in [2.05, 4.69) is 20.8 Å². The van der Waals surface area contributed by atoms with Gasteiger partial charge in [0.15, 0.2) is 0 Å². The maximum atomic E-state index is 8.87. The second-order valence-electron chi connectivity index (χ2n) is 4.25. The minimum absolute atomic E-state index is 0. The summed E-state index contributed by atoms with van der Waals surface area (Å²) in [5, 5.41) is 17.7. The van der Waals surface area contributed by atoms with E-state index in [9.17, 15) is 0 Å². The molecule has 0 radical (unpaired) electrons. The molecule has 3 heteroatoms. The lowest BCUT2D eigenvalue weighted by Crippen LogP contribution is -2.29. The van der Waals surface area contributed by atoms with E-state index >= 15 is 0 Å². The summed E-state index contributed by atoms with van der Waals surface area (Å²) in [6, 6.07) is 7.33. The van der Waals surface area contributed by atoms with Gasteiger partial charge in [0.25, 0.3) is 0 Å². The molecule has 0 fully saturated rings. The molecular weight excluding hydrogens is 163 g/mol. The van der Waals surface area contributed by atoms with Gasteiger partial charge in [0.1, 0.15) is 0 Å². The van der Waals surface area contributed by atoms with Gasteiger partial charge in [0, 0.05) is 2.85 Å². The van der Waals surface area contributed by atoms with Crippen molar-refractivity contribution in [1.82, 2.24) is 0 Å². The van der Waals surface area contributed by atoms with Crippen LogP contribution in [0.4, 0.5) is 0 Å². The van der Waals surface area contributed by atoms with Crippen LogP contribution in [0.25, 0.3) is 0 Å². The minimum atomic E-state index is -1.37. The molecule has 0 spiro atoms. The molecule has 13 heavy (non-hydrogen) atoms. The van der Waals surface area contributed by atoms with Gasteiger partial charge in [-0.2, -0.15) is 0 Å². The molecule has 0 unspecified atom stereocenters. The Morgan fingerprint density at radius 2 is 1.54 bits per heavy atom. The molecule has 0 aromatic heterocycles. The van der Waals surface area contributed by atoms with Gasteiger partial charge in [-0.3, -0.25) is 0 Å². The number of benzene rings is 1. The first kappa shape index (κ1) is 10.3. The van der Waals surface area contributed by atoms with Gasteiger partial charge < -0.3 is 10.0 Å². The fourth-order valence-corrected chi connectivity index (χ4v) is 1.16. The second-order valence-corrected chi connectivity index (χ2v) is 4.25. The first-order chi connectivity index (χ1) is 5.91. The van der Waals surface area contributed by atoms with Crippen molar-refractivity contribution in [2.24, 2.45) is 0 Å². The molecule has 2 N–H and O–H groups in total. The number of rotatable bonds is 1. The van der Waals surface area contributed by atoms with Crippen LogP contribution >= 0.6 is 0 Å². The summed E-state index contributed by atoms with van der Waals surface area (Å²) in [7, 11) is -1.37. The zero-order chi connectivity index (χ0) is 10.1. The van der Waals surface area contributed by atoms with Gasteiger partial charge >= 0.3 is 7.12 Å². The second kappa shape index (κ2) is 3.52. The molecule has 0 aliphatic heterocycles. The number of hydrogen-bond donors (Lipinski definition) is 2. The minimum Gasteiger partial charge on any atom is -0.423 e. The Bertz CT molecular complexity index is 280. The molecule has 0 aliphatic carbocycles. The van der Waals surface area contributed by atoms with E-state index in [1.807, 2.05) is 12.1 Å². The summed E-state index contributed by atoms with van der Waals surface area (Å²) >= 11 is 0. The molecule has 74 valence electrons.